The second-order valence-electron chi connectivity index (χ2n) is 6.11. The highest BCUT2D eigenvalue weighted by molar-refractivity contribution is 6.32. The molecule has 0 saturated carbocycles. The number of carbonyl (C=O) groups excluding carboxylic acids is 2. The molecule has 0 aliphatic rings. The van der Waals surface area contributed by atoms with Crippen LogP contribution >= 0.6 is 11.6 Å². The third-order valence-corrected chi connectivity index (χ3v) is 4.14. The van der Waals surface area contributed by atoms with Crippen LogP contribution in [0.3, 0.4) is 0 Å². The molecule has 0 unspecified atom stereocenters. The van der Waals surface area contributed by atoms with Crippen LogP contribution in [0.1, 0.15) is 31.8 Å². The Hall–Kier alpha value is -3.11. The fourth-order valence-corrected chi connectivity index (χ4v) is 2.65. The van der Waals surface area contributed by atoms with Gasteiger partial charge in [-0.1, -0.05) is 47.0 Å². The molecular formula is C22H17ClO4. The van der Waals surface area contributed by atoms with Crippen LogP contribution in [0.5, 0.6) is 11.5 Å². The quantitative estimate of drug-likeness (QED) is 0.449. The van der Waals surface area contributed by atoms with Crippen molar-refractivity contribution in [2.24, 2.45) is 0 Å². The number of carbonyl (C=O) groups is 2. The molecule has 3 aromatic carbocycles. The largest absolute Gasteiger partial charge is 0.423 e. The normalized spacial score (nSPS) is 10.3. The Morgan fingerprint density at radius 1 is 0.741 bits per heavy atom. The average Bonchev–Trinajstić information content (AvgIpc) is 2.64. The summed E-state index contributed by atoms with van der Waals surface area (Å²) in [5.74, 6) is -0.685. The van der Waals surface area contributed by atoms with Gasteiger partial charge in [0.15, 0.2) is 5.75 Å². The highest BCUT2D eigenvalue weighted by Crippen LogP contribution is 2.30. The smallest absolute Gasteiger partial charge is 0.343 e. The van der Waals surface area contributed by atoms with Crippen LogP contribution in [0.25, 0.3) is 0 Å². The maximum atomic E-state index is 12.3. The van der Waals surface area contributed by atoms with E-state index in [1.165, 1.54) is 12.1 Å². The van der Waals surface area contributed by atoms with Crippen LogP contribution in [0, 0.1) is 13.8 Å². The van der Waals surface area contributed by atoms with Gasteiger partial charge >= 0.3 is 11.9 Å². The predicted octanol–water partition coefficient (Wildman–Crippen LogP) is 5.40. The Morgan fingerprint density at radius 2 is 1.30 bits per heavy atom. The predicted molar refractivity (Wildman–Crippen MR) is 104 cm³/mol. The maximum absolute atomic E-state index is 12.3. The van der Waals surface area contributed by atoms with Crippen molar-refractivity contribution < 1.29 is 19.1 Å². The third kappa shape index (κ3) is 4.74. The number of halogens is 1. The van der Waals surface area contributed by atoms with Gasteiger partial charge in [-0.3, -0.25) is 0 Å². The average molecular weight is 381 g/mol. The minimum Gasteiger partial charge on any atom is -0.423 e. The maximum Gasteiger partial charge on any atom is 0.343 e. The Labute approximate surface area is 162 Å². The first-order valence-corrected chi connectivity index (χ1v) is 8.67. The van der Waals surface area contributed by atoms with Crippen molar-refractivity contribution in [1.82, 2.24) is 0 Å². The Morgan fingerprint density at radius 3 is 1.85 bits per heavy atom. The lowest BCUT2D eigenvalue weighted by Gasteiger charge is -2.10. The van der Waals surface area contributed by atoms with E-state index in [9.17, 15) is 9.59 Å². The molecule has 3 rings (SSSR count). The third-order valence-electron chi connectivity index (χ3n) is 3.82. The highest BCUT2D eigenvalue weighted by atomic mass is 35.5. The first kappa shape index (κ1) is 18.7. The van der Waals surface area contributed by atoms with Gasteiger partial charge in [-0.25, -0.2) is 9.59 Å². The second kappa shape index (κ2) is 8.06. The van der Waals surface area contributed by atoms with Crippen LogP contribution in [0.2, 0.25) is 5.02 Å². The molecule has 0 bridgehead atoms. The van der Waals surface area contributed by atoms with Crippen molar-refractivity contribution in [2.75, 3.05) is 0 Å². The van der Waals surface area contributed by atoms with Crippen molar-refractivity contribution in [3.8, 4) is 11.5 Å². The molecule has 0 spiro atoms. The van der Waals surface area contributed by atoms with Crippen molar-refractivity contribution in [3.05, 3.63) is 94.0 Å². The number of aryl methyl sites for hydroxylation is 2. The zero-order valence-corrected chi connectivity index (χ0v) is 15.6. The molecule has 3 aromatic rings. The lowest BCUT2D eigenvalue weighted by Crippen LogP contribution is -2.10. The van der Waals surface area contributed by atoms with Gasteiger partial charge in [0.25, 0.3) is 0 Å². The molecule has 27 heavy (non-hydrogen) atoms. The van der Waals surface area contributed by atoms with E-state index in [4.69, 9.17) is 21.1 Å². The molecule has 0 N–H and O–H groups in total. The van der Waals surface area contributed by atoms with Gasteiger partial charge in [-0.2, -0.15) is 0 Å². The summed E-state index contributed by atoms with van der Waals surface area (Å²) in [4.78, 5) is 24.6. The van der Waals surface area contributed by atoms with E-state index in [1.54, 1.807) is 42.5 Å². The molecule has 0 heterocycles. The highest BCUT2D eigenvalue weighted by Gasteiger charge is 2.14. The van der Waals surface area contributed by atoms with E-state index in [1.807, 2.05) is 26.0 Å². The number of benzene rings is 3. The molecule has 0 radical (unpaired) electrons. The van der Waals surface area contributed by atoms with E-state index < -0.39 is 11.9 Å². The van der Waals surface area contributed by atoms with Gasteiger partial charge in [-0.15, -0.1) is 0 Å². The summed E-state index contributed by atoms with van der Waals surface area (Å²) in [5, 5.41) is 0.242. The van der Waals surface area contributed by atoms with E-state index >= 15 is 0 Å². The SMILES string of the molecule is Cc1cccc(C(=O)Oc2ccc(Cl)c(OC(=O)c3cccc(C)c3)c2)c1. The van der Waals surface area contributed by atoms with Crippen LogP contribution in [0.15, 0.2) is 66.7 Å². The zero-order chi connectivity index (χ0) is 19.4. The first-order chi connectivity index (χ1) is 12.9. The Kier molecular flexibility index (Phi) is 5.57. The van der Waals surface area contributed by atoms with Gasteiger partial charge in [0.1, 0.15) is 5.75 Å². The first-order valence-electron chi connectivity index (χ1n) is 8.29. The van der Waals surface area contributed by atoms with Crippen molar-refractivity contribution in [2.45, 2.75) is 13.8 Å². The molecule has 4 nitrogen and oxygen atoms in total. The van der Waals surface area contributed by atoms with Gasteiger partial charge in [0.05, 0.1) is 16.1 Å². The monoisotopic (exact) mass is 380 g/mol. The molecular weight excluding hydrogens is 364 g/mol. The fourth-order valence-electron chi connectivity index (χ4n) is 2.49. The molecule has 5 heteroatoms. The molecule has 0 aromatic heterocycles. The topological polar surface area (TPSA) is 52.6 Å². The van der Waals surface area contributed by atoms with Gasteiger partial charge in [0.2, 0.25) is 0 Å². The number of hydrogen-bond donors (Lipinski definition) is 0. The summed E-state index contributed by atoms with van der Waals surface area (Å²) < 4.78 is 10.7. The fraction of sp³-hybridized carbons (Fsp3) is 0.0909. The molecule has 0 aliphatic carbocycles. The van der Waals surface area contributed by atoms with E-state index in [0.717, 1.165) is 11.1 Å². The van der Waals surface area contributed by atoms with Gasteiger partial charge in [0, 0.05) is 6.07 Å². The number of ether oxygens (including phenoxy) is 2. The van der Waals surface area contributed by atoms with Crippen LogP contribution in [-0.4, -0.2) is 11.9 Å². The molecule has 0 amide bonds. The summed E-state index contributed by atoms with van der Waals surface area (Å²) in [6.07, 6.45) is 0. The zero-order valence-electron chi connectivity index (χ0n) is 14.9. The van der Waals surface area contributed by atoms with Gasteiger partial charge < -0.3 is 9.47 Å². The molecule has 136 valence electrons. The Balaban J connectivity index is 1.78. The standard InChI is InChI=1S/C22H17ClO4/c1-14-5-3-7-16(11-14)21(24)26-18-9-10-19(23)20(13-18)27-22(25)17-8-4-6-15(2)12-17/h3-13H,1-2H3. The lowest BCUT2D eigenvalue weighted by molar-refractivity contribution is 0.0733. The summed E-state index contributed by atoms with van der Waals surface area (Å²) >= 11 is 6.12. The van der Waals surface area contributed by atoms with Crippen molar-refractivity contribution in [3.63, 3.8) is 0 Å². The van der Waals surface area contributed by atoms with E-state index in [0.29, 0.717) is 11.1 Å². The lowest BCUT2D eigenvalue weighted by atomic mass is 10.1. The summed E-state index contributed by atoms with van der Waals surface area (Å²) in [6, 6.07) is 18.6. The number of rotatable bonds is 4. The molecule has 0 atom stereocenters. The molecule has 0 aliphatic heterocycles. The summed E-state index contributed by atoms with van der Waals surface area (Å²) in [5.41, 5.74) is 2.74. The minimum atomic E-state index is -0.539. The van der Waals surface area contributed by atoms with Crippen molar-refractivity contribution in [1.29, 1.82) is 0 Å². The second-order valence-corrected chi connectivity index (χ2v) is 6.52. The minimum absolute atomic E-state index is 0.123. The number of hydrogen-bond acceptors (Lipinski definition) is 4. The van der Waals surface area contributed by atoms with Crippen molar-refractivity contribution >= 4 is 23.5 Å². The summed E-state index contributed by atoms with van der Waals surface area (Å²) in [6.45, 7) is 3.77. The van der Waals surface area contributed by atoms with Crippen LogP contribution in [0.4, 0.5) is 0 Å². The number of esters is 2. The van der Waals surface area contributed by atoms with Crippen LogP contribution in [-0.2, 0) is 0 Å². The van der Waals surface area contributed by atoms with E-state index in [2.05, 4.69) is 0 Å². The Bertz CT molecular complexity index is 1010. The molecule has 0 saturated heterocycles. The van der Waals surface area contributed by atoms with E-state index in [-0.39, 0.29) is 16.5 Å². The van der Waals surface area contributed by atoms with Crippen LogP contribution < -0.4 is 9.47 Å². The summed E-state index contributed by atoms with van der Waals surface area (Å²) in [7, 11) is 0. The van der Waals surface area contributed by atoms with Gasteiger partial charge in [-0.05, 0) is 50.2 Å². The molecule has 0 fully saturated rings.